The van der Waals surface area contributed by atoms with Gasteiger partial charge in [-0.2, -0.15) is 4.31 Å². The van der Waals surface area contributed by atoms with Gasteiger partial charge < -0.3 is 0 Å². The molecule has 0 amide bonds. The summed E-state index contributed by atoms with van der Waals surface area (Å²) in [4.78, 5) is 4.64. The van der Waals surface area contributed by atoms with Crippen molar-refractivity contribution in [1.29, 1.82) is 0 Å². The van der Waals surface area contributed by atoms with Gasteiger partial charge in [-0.15, -0.1) is 0 Å². The quantitative estimate of drug-likeness (QED) is 0.0614. The van der Waals surface area contributed by atoms with E-state index < -0.39 is 50.1 Å². The Labute approximate surface area is 409 Å². The SMILES string of the molecule is Cc1ccc(S(=O)(=O)N2CC2)cc1.Cc1ccc(S(=O)(=O)NCCN(CCNS(=O)(=O)c2ccc(C)cc2)CCN(CCNS(=O)(=O)c2ccc(C)cc2)CCNS(=O)(=O)c2ccc(C)cc2)cc1. The van der Waals surface area contributed by atoms with Gasteiger partial charge in [-0.25, -0.2) is 61.0 Å². The first-order chi connectivity index (χ1) is 32.5. The van der Waals surface area contributed by atoms with Crippen molar-refractivity contribution in [3.8, 4) is 0 Å². The summed E-state index contributed by atoms with van der Waals surface area (Å²) < 4.78 is 139. The van der Waals surface area contributed by atoms with E-state index in [1.54, 1.807) is 60.7 Å². The highest BCUT2D eigenvalue weighted by Crippen LogP contribution is 2.21. The monoisotopic (exact) mass is 1050 g/mol. The molecule has 1 saturated heterocycles. The fraction of sp³-hybridized carbons (Fsp3) is 0.362. The second-order valence-electron chi connectivity index (χ2n) is 16.7. The molecule has 376 valence electrons. The highest BCUT2D eigenvalue weighted by molar-refractivity contribution is 7.90. The predicted molar refractivity (Wildman–Crippen MR) is 268 cm³/mol. The van der Waals surface area contributed by atoms with Crippen LogP contribution in [0.2, 0.25) is 0 Å². The number of benzene rings is 5. The molecule has 0 unspecified atom stereocenters. The van der Waals surface area contributed by atoms with Crippen LogP contribution >= 0.6 is 0 Å². The van der Waals surface area contributed by atoms with Crippen LogP contribution in [0.3, 0.4) is 0 Å². The van der Waals surface area contributed by atoms with Crippen LogP contribution in [0.15, 0.2) is 146 Å². The Morgan fingerprint density at radius 2 is 0.536 bits per heavy atom. The maximum absolute atomic E-state index is 13.0. The van der Waals surface area contributed by atoms with Gasteiger partial charge in [-0.1, -0.05) is 88.5 Å². The summed E-state index contributed by atoms with van der Waals surface area (Å²) >= 11 is 0. The fourth-order valence-corrected chi connectivity index (χ4v) is 12.1. The van der Waals surface area contributed by atoms with Crippen LogP contribution in [0.5, 0.6) is 0 Å². The van der Waals surface area contributed by atoms with Gasteiger partial charge in [0.1, 0.15) is 0 Å². The van der Waals surface area contributed by atoms with E-state index in [4.69, 9.17) is 0 Å². The molecule has 5 aromatic carbocycles. The summed E-state index contributed by atoms with van der Waals surface area (Å²) in [5.74, 6) is 0. The third-order valence-corrected chi connectivity index (χ3v) is 18.8. The molecule has 69 heavy (non-hydrogen) atoms. The van der Waals surface area contributed by atoms with Crippen molar-refractivity contribution in [3.05, 3.63) is 149 Å². The molecule has 0 spiro atoms. The van der Waals surface area contributed by atoms with Gasteiger partial charge in [-0.3, -0.25) is 9.80 Å². The van der Waals surface area contributed by atoms with Gasteiger partial charge >= 0.3 is 0 Å². The van der Waals surface area contributed by atoms with E-state index in [1.165, 1.54) is 52.8 Å². The number of sulfonamides is 5. The molecule has 0 atom stereocenters. The number of rotatable bonds is 25. The van der Waals surface area contributed by atoms with Crippen molar-refractivity contribution in [3.63, 3.8) is 0 Å². The highest BCUT2D eigenvalue weighted by Gasteiger charge is 2.33. The van der Waals surface area contributed by atoms with Crippen molar-refractivity contribution in [2.24, 2.45) is 0 Å². The zero-order chi connectivity index (χ0) is 50.5. The fourth-order valence-electron chi connectivity index (χ4n) is 6.65. The van der Waals surface area contributed by atoms with Crippen molar-refractivity contribution >= 4 is 50.1 Å². The van der Waals surface area contributed by atoms with E-state index in [1.807, 2.05) is 56.6 Å². The van der Waals surface area contributed by atoms with Gasteiger partial charge in [0.25, 0.3) is 0 Å². The molecule has 0 bridgehead atoms. The summed E-state index contributed by atoms with van der Waals surface area (Å²) in [6.45, 7) is 12.3. The van der Waals surface area contributed by atoms with Gasteiger partial charge in [0.05, 0.1) is 24.5 Å². The lowest BCUT2D eigenvalue weighted by atomic mass is 10.2. The minimum atomic E-state index is -3.82. The van der Waals surface area contributed by atoms with Crippen LogP contribution in [0.25, 0.3) is 0 Å². The van der Waals surface area contributed by atoms with E-state index in [0.717, 1.165) is 27.8 Å². The Balaban J connectivity index is 0.000000583. The number of hydrogen-bond acceptors (Lipinski definition) is 12. The number of hydrogen-bond donors (Lipinski definition) is 4. The Hall–Kier alpha value is -4.43. The van der Waals surface area contributed by atoms with Gasteiger partial charge in [0.2, 0.25) is 50.1 Å². The van der Waals surface area contributed by atoms with Crippen LogP contribution in [0, 0.1) is 34.6 Å². The van der Waals surface area contributed by atoms with Crippen LogP contribution in [0.4, 0.5) is 0 Å². The first-order valence-electron chi connectivity index (χ1n) is 22.2. The molecule has 4 N–H and O–H groups in total. The second kappa shape index (κ2) is 24.6. The smallest absolute Gasteiger partial charge is 0.243 e. The van der Waals surface area contributed by atoms with E-state index >= 15 is 0 Å². The first kappa shape index (κ1) is 55.5. The van der Waals surface area contributed by atoms with E-state index in [9.17, 15) is 42.1 Å². The molecule has 0 aromatic heterocycles. The van der Waals surface area contributed by atoms with Crippen molar-refractivity contribution in [2.75, 3.05) is 78.5 Å². The summed E-state index contributed by atoms with van der Waals surface area (Å²) in [5.41, 5.74) is 4.74. The topological polar surface area (TPSA) is 228 Å². The molecule has 0 saturated carbocycles. The summed E-state index contributed by atoms with van der Waals surface area (Å²) in [7, 11) is -18.4. The Bertz CT molecular complexity index is 2680. The van der Waals surface area contributed by atoms with Crippen LogP contribution in [-0.4, -0.2) is 135 Å². The van der Waals surface area contributed by atoms with Crippen molar-refractivity contribution in [2.45, 2.75) is 59.1 Å². The van der Waals surface area contributed by atoms with Crippen LogP contribution < -0.4 is 18.9 Å². The summed E-state index contributed by atoms with van der Waals surface area (Å²) in [5, 5.41) is 0. The minimum Gasteiger partial charge on any atom is -0.299 e. The largest absolute Gasteiger partial charge is 0.299 e. The standard InChI is InChI=1S/C38H52N6O8S4.C9H11NO2S/c1-31-5-13-35(14-6-31)53(45,46)39-21-25-43(26-22-40-54(47,48)36-15-7-32(2)8-16-36)29-30-44(27-23-41-55(49,50)37-17-9-33(3)10-18-37)28-24-42-56(51,52)38-19-11-34(4)12-20-38;1-8-2-4-9(5-3-8)13(11,12)10-6-7-10/h5-20,39-42H,21-30H2,1-4H3;2-5H,6-7H2,1H3. The average molecular weight is 1050 g/mol. The molecule has 1 heterocycles. The Kier molecular flexibility index (Phi) is 19.8. The molecule has 0 radical (unpaired) electrons. The molecular weight excluding hydrogens is 983 g/mol. The lowest BCUT2D eigenvalue weighted by Crippen LogP contribution is -2.45. The molecule has 0 aliphatic carbocycles. The first-order valence-corrected chi connectivity index (χ1v) is 29.6. The molecular formula is C47H63N7O10S5. The second-order valence-corrected chi connectivity index (χ2v) is 25.7. The van der Waals surface area contributed by atoms with E-state index in [-0.39, 0.29) is 71.9 Å². The van der Waals surface area contributed by atoms with E-state index in [2.05, 4.69) is 18.9 Å². The number of nitrogens with one attached hydrogen (secondary N) is 4. The minimum absolute atomic E-state index is 0.0214. The zero-order valence-corrected chi connectivity index (χ0v) is 43.6. The third kappa shape index (κ3) is 17.4. The van der Waals surface area contributed by atoms with Gasteiger partial charge in [0.15, 0.2) is 0 Å². The van der Waals surface area contributed by atoms with E-state index in [0.29, 0.717) is 31.1 Å². The average Bonchev–Trinajstić information content (AvgIpc) is 4.16. The third-order valence-electron chi connectivity index (χ3n) is 11.0. The Morgan fingerprint density at radius 1 is 0.333 bits per heavy atom. The maximum Gasteiger partial charge on any atom is 0.243 e. The van der Waals surface area contributed by atoms with Gasteiger partial charge in [0, 0.05) is 78.5 Å². The molecule has 22 heteroatoms. The Morgan fingerprint density at radius 3 is 0.739 bits per heavy atom. The number of aryl methyl sites for hydroxylation is 5. The summed E-state index contributed by atoms with van der Waals surface area (Å²) in [6, 6.07) is 32.8. The van der Waals surface area contributed by atoms with Crippen molar-refractivity contribution in [1.82, 2.24) is 33.0 Å². The molecule has 5 aromatic rings. The molecule has 17 nitrogen and oxygen atoms in total. The molecule has 1 aliphatic rings. The maximum atomic E-state index is 13.0. The molecule has 1 aliphatic heterocycles. The zero-order valence-electron chi connectivity index (χ0n) is 39.5. The predicted octanol–water partition coefficient (Wildman–Crippen LogP) is 3.74. The molecule has 6 rings (SSSR count). The van der Waals surface area contributed by atoms with Gasteiger partial charge in [-0.05, 0) is 95.3 Å². The molecule has 1 fully saturated rings. The van der Waals surface area contributed by atoms with Crippen molar-refractivity contribution < 1.29 is 42.1 Å². The lowest BCUT2D eigenvalue weighted by molar-refractivity contribution is 0.211. The summed E-state index contributed by atoms with van der Waals surface area (Å²) in [6.07, 6.45) is 0. The highest BCUT2D eigenvalue weighted by atomic mass is 32.2. The number of nitrogens with zero attached hydrogens (tertiary/aromatic N) is 3. The lowest BCUT2D eigenvalue weighted by Gasteiger charge is -2.28. The van der Waals surface area contributed by atoms with Crippen LogP contribution in [0.1, 0.15) is 27.8 Å². The van der Waals surface area contributed by atoms with Crippen LogP contribution in [-0.2, 0) is 50.1 Å². The normalized spacial score (nSPS) is 13.6.